The third-order valence-corrected chi connectivity index (χ3v) is 3.03. The molecule has 0 fully saturated rings. The highest BCUT2D eigenvalue weighted by Gasteiger charge is 2.10. The second kappa shape index (κ2) is 8.78. The normalized spacial score (nSPS) is 17.1. The van der Waals surface area contributed by atoms with E-state index in [4.69, 9.17) is 0 Å². The standard InChI is InChI=1S/C13H26N4O/c1-3-6-11(2)12(18)14-9-10-17-13-15-7-4-5-8-16-13/h11H,3-10H2,1-2H3,(H,14,18)(H2,15,16,17). The van der Waals surface area contributed by atoms with Gasteiger partial charge in [-0.3, -0.25) is 9.79 Å². The molecule has 0 saturated carbocycles. The predicted molar refractivity (Wildman–Crippen MR) is 74.6 cm³/mol. The zero-order valence-electron chi connectivity index (χ0n) is 11.6. The average Bonchev–Trinajstić information content (AvgIpc) is 2.63. The molecule has 0 spiro atoms. The van der Waals surface area contributed by atoms with Gasteiger partial charge in [0.2, 0.25) is 5.91 Å². The van der Waals surface area contributed by atoms with Crippen LogP contribution in [0.15, 0.2) is 4.99 Å². The zero-order chi connectivity index (χ0) is 13.2. The molecule has 5 nitrogen and oxygen atoms in total. The highest BCUT2D eigenvalue weighted by Crippen LogP contribution is 2.03. The van der Waals surface area contributed by atoms with Crippen LogP contribution in [0.1, 0.15) is 39.5 Å². The molecule has 5 heteroatoms. The zero-order valence-corrected chi connectivity index (χ0v) is 11.6. The van der Waals surface area contributed by atoms with Crippen molar-refractivity contribution in [2.24, 2.45) is 10.9 Å². The Morgan fingerprint density at radius 1 is 1.44 bits per heavy atom. The smallest absolute Gasteiger partial charge is 0.222 e. The Hall–Kier alpha value is -1.26. The maximum atomic E-state index is 11.7. The van der Waals surface area contributed by atoms with Crippen molar-refractivity contribution in [3.05, 3.63) is 0 Å². The van der Waals surface area contributed by atoms with E-state index in [1.165, 1.54) is 6.42 Å². The van der Waals surface area contributed by atoms with Gasteiger partial charge < -0.3 is 16.0 Å². The molecule has 0 bridgehead atoms. The number of aliphatic imine (C=N–C) groups is 1. The minimum Gasteiger partial charge on any atom is -0.356 e. The van der Waals surface area contributed by atoms with Gasteiger partial charge in [0.1, 0.15) is 0 Å². The van der Waals surface area contributed by atoms with E-state index in [-0.39, 0.29) is 11.8 Å². The van der Waals surface area contributed by atoms with E-state index in [0.29, 0.717) is 6.54 Å². The number of amides is 1. The molecule has 1 atom stereocenters. The summed E-state index contributed by atoms with van der Waals surface area (Å²) in [6.45, 7) is 7.30. The van der Waals surface area contributed by atoms with Crippen molar-refractivity contribution in [1.29, 1.82) is 0 Å². The van der Waals surface area contributed by atoms with E-state index >= 15 is 0 Å². The van der Waals surface area contributed by atoms with Crippen molar-refractivity contribution in [3.63, 3.8) is 0 Å². The minimum atomic E-state index is 0.114. The summed E-state index contributed by atoms with van der Waals surface area (Å²) < 4.78 is 0. The first kappa shape index (κ1) is 14.8. The fourth-order valence-electron chi connectivity index (χ4n) is 1.91. The van der Waals surface area contributed by atoms with Crippen LogP contribution in [0.5, 0.6) is 0 Å². The van der Waals surface area contributed by atoms with Crippen LogP contribution in [0.2, 0.25) is 0 Å². The van der Waals surface area contributed by atoms with Crippen LogP contribution in [0, 0.1) is 5.92 Å². The third-order valence-electron chi connectivity index (χ3n) is 3.03. The Balaban J connectivity index is 2.10. The number of hydrogen-bond donors (Lipinski definition) is 3. The highest BCUT2D eigenvalue weighted by molar-refractivity contribution is 5.80. The lowest BCUT2D eigenvalue weighted by Crippen LogP contribution is -2.42. The number of carbonyl (C=O) groups excluding carboxylic acids is 1. The van der Waals surface area contributed by atoms with Crippen molar-refractivity contribution < 1.29 is 4.79 Å². The Kier molecular flexibility index (Phi) is 7.22. The fraction of sp³-hybridized carbons (Fsp3) is 0.846. The van der Waals surface area contributed by atoms with Gasteiger partial charge in [-0.15, -0.1) is 0 Å². The molecular formula is C13H26N4O. The molecule has 0 aromatic rings. The molecule has 0 aromatic heterocycles. The van der Waals surface area contributed by atoms with Crippen molar-refractivity contribution in [3.8, 4) is 0 Å². The number of nitrogens with one attached hydrogen (secondary N) is 3. The molecule has 1 rings (SSSR count). The van der Waals surface area contributed by atoms with Gasteiger partial charge in [-0.2, -0.15) is 0 Å². The van der Waals surface area contributed by atoms with E-state index in [9.17, 15) is 4.79 Å². The van der Waals surface area contributed by atoms with E-state index in [2.05, 4.69) is 27.9 Å². The van der Waals surface area contributed by atoms with Gasteiger partial charge in [0, 0.05) is 32.1 Å². The van der Waals surface area contributed by atoms with E-state index < -0.39 is 0 Å². The van der Waals surface area contributed by atoms with Gasteiger partial charge in [-0.05, 0) is 19.3 Å². The summed E-state index contributed by atoms with van der Waals surface area (Å²) in [7, 11) is 0. The Morgan fingerprint density at radius 2 is 2.28 bits per heavy atom. The quantitative estimate of drug-likeness (QED) is 0.616. The number of nitrogens with zero attached hydrogens (tertiary/aromatic N) is 1. The van der Waals surface area contributed by atoms with Gasteiger partial charge in [-0.1, -0.05) is 20.3 Å². The molecule has 18 heavy (non-hydrogen) atoms. The molecule has 3 N–H and O–H groups in total. The van der Waals surface area contributed by atoms with Crippen molar-refractivity contribution in [2.75, 3.05) is 26.2 Å². The topological polar surface area (TPSA) is 65.5 Å². The summed E-state index contributed by atoms with van der Waals surface area (Å²) in [6, 6.07) is 0. The highest BCUT2D eigenvalue weighted by atomic mass is 16.1. The van der Waals surface area contributed by atoms with Gasteiger partial charge in [-0.25, -0.2) is 0 Å². The maximum absolute atomic E-state index is 11.7. The number of hydrogen-bond acceptors (Lipinski definition) is 4. The van der Waals surface area contributed by atoms with Crippen LogP contribution in [0.3, 0.4) is 0 Å². The first-order chi connectivity index (χ1) is 8.74. The van der Waals surface area contributed by atoms with Crippen LogP contribution in [-0.2, 0) is 4.79 Å². The van der Waals surface area contributed by atoms with Crippen molar-refractivity contribution in [1.82, 2.24) is 16.0 Å². The summed E-state index contributed by atoms with van der Waals surface area (Å²) >= 11 is 0. The second-order valence-electron chi connectivity index (χ2n) is 4.77. The molecule has 1 aliphatic heterocycles. The summed E-state index contributed by atoms with van der Waals surface area (Å²) in [5.41, 5.74) is 0. The monoisotopic (exact) mass is 254 g/mol. The number of guanidine groups is 1. The molecular weight excluding hydrogens is 228 g/mol. The maximum Gasteiger partial charge on any atom is 0.222 e. The molecule has 0 aliphatic carbocycles. The first-order valence-electron chi connectivity index (χ1n) is 7.04. The molecule has 1 aliphatic rings. The number of carbonyl (C=O) groups is 1. The van der Waals surface area contributed by atoms with Crippen molar-refractivity contribution >= 4 is 11.9 Å². The third kappa shape index (κ3) is 5.89. The summed E-state index contributed by atoms with van der Waals surface area (Å²) in [5.74, 6) is 1.13. The molecule has 104 valence electrons. The predicted octanol–water partition coefficient (Wildman–Crippen LogP) is 0.868. The molecule has 1 unspecified atom stereocenters. The summed E-state index contributed by atoms with van der Waals surface area (Å²) in [4.78, 5) is 16.0. The molecule has 0 aromatic carbocycles. The lowest BCUT2D eigenvalue weighted by Gasteiger charge is -2.13. The largest absolute Gasteiger partial charge is 0.356 e. The Morgan fingerprint density at radius 3 is 3.06 bits per heavy atom. The van der Waals surface area contributed by atoms with Crippen LogP contribution < -0.4 is 16.0 Å². The van der Waals surface area contributed by atoms with Crippen molar-refractivity contribution in [2.45, 2.75) is 39.5 Å². The molecule has 1 heterocycles. The van der Waals surface area contributed by atoms with E-state index in [0.717, 1.165) is 44.9 Å². The average molecular weight is 254 g/mol. The summed E-state index contributed by atoms with van der Waals surface area (Å²) in [5, 5.41) is 9.39. The molecule has 1 amide bonds. The van der Waals surface area contributed by atoms with Crippen LogP contribution in [0.25, 0.3) is 0 Å². The van der Waals surface area contributed by atoms with Gasteiger partial charge >= 0.3 is 0 Å². The second-order valence-corrected chi connectivity index (χ2v) is 4.77. The van der Waals surface area contributed by atoms with Crippen LogP contribution in [-0.4, -0.2) is 38.0 Å². The lowest BCUT2D eigenvalue weighted by molar-refractivity contribution is -0.124. The number of rotatable bonds is 6. The molecule has 0 saturated heterocycles. The lowest BCUT2D eigenvalue weighted by atomic mass is 10.1. The summed E-state index contributed by atoms with van der Waals surface area (Å²) in [6.07, 6.45) is 4.31. The van der Waals surface area contributed by atoms with Gasteiger partial charge in [0.25, 0.3) is 0 Å². The van der Waals surface area contributed by atoms with E-state index in [1.54, 1.807) is 0 Å². The minimum absolute atomic E-state index is 0.114. The van der Waals surface area contributed by atoms with E-state index in [1.807, 2.05) is 6.92 Å². The molecule has 0 radical (unpaired) electrons. The SMILES string of the molecule is CCCC(C)C(=O)NCCNC1=NCCCCN1. The van der Waals surface area contributed by atoms with Crippen LogP contribution >= 0.6 is 0 Å². The Labute approximate surface area is 110 Å². The van der Waals surface area contributed by atoms with Gasteiger partial charge in [0.15, 0.2) is 5.96 Å². The van der Waals surface area contributed by atoms with Gasteiger partial charge in [0.05, 0.1) is 0 Å². The fourth-order valence-corrected chi connectivity index (χ4v) is 1.91. The first-order valence-corrected chi connectivity index (χ1v) is 7.04. The van der Waals surface area contributed by atoms with Crippen LogP contribution in [0.4, 0.5) is 0 Å². The Bertz CT molecular complexity index is 278.